The maximum Gasteiger partial charge on any atom is 0.259 e. The van der Waals surface area contributed by atoms with E-state index < -0.39 is 0 Å². The first-order chi connectivity index (χ1) is 13.1. The van der Waals surface area contributed by atoms with Gasteiger partial charge in [-0.25, -0.2) is 0 Å². The summed E-state index contributed by atoms with van der Waals surface area (Å²) >= 11 is 0. The zero-order valence-electron chi connectivity index (χ0n) is 15.6. The Balaban J connectivity index is 1.85. The van der Waals surface area contributed by atoms with Gasteiger partial charge in [-0.15, -0.1) is 0 Å². The molecule has 3 rings (SSSR count). The first-order valence-electron chi connectivity index (χ1n) is 8.59. The van der Waals surface area contributed by atoms with Crippen LogP contribution < -0.4 is 24.4 Å². The molecule has 0 atom stereocenters. The Morgan fingerprint density at radius 1 is 1.00 bits per heavy atom. The smallest absolute Gasteiger partial charge is 0.259 e. The van der Waals surface area contributed by atoms with Crippen molar-refractivity contribution < 1.29 is 23.8 Å². The van der Waals surface area contributed by atoms with Gasteiger partial charge in [-0.1, -0.05) is 0 Å². The van der Waals surface area contributed by atoms with Gasteiger partial charge >= 0.3 is 0 Å². The molecule has 2 aromatic carbocycles. The van der Waals surface area contributed by atoms with Crippen molar-refractivity contribution in [3.63, 3.8) is 0 Å². The molecule has 27 heavy (non-hydrogen) atoms. The van der Waals surface area contributed by atoms with E-state index in [2.05, 4.69) is 5.32 Å². The molecule has 1 saturated heterocycles. The van der Waals surface area contributed by atoms with Crippen LogP contribution in [0, 0.1) is 0 Å². The topological polar surface area (TPSA) is 77.1 Å². The number of nitrogens with one attached hydrogen (secondary N) is 1. The molecule has 2 aromatic rings. The number of benzene rings is 2. The summed E-state index contributed by atoms with van der Waals surface area (Å²) in [5.74, 6) is 1.27. The molecule has 7 heteroatoms. The van der Waals surface area contributed by atoms with Crippen molar-refractivity contribution in [1.29, 1.82) is 0 Å². The zero-order valence-corrected chi connectivity index (χ0v) is 15.6. The number of carbonyl (C=O) groups excluding carboxylic acids is 2. The number of rotatable bonds is 6. The summed E-state index contributed by atoms with van der Waals surface area (Å²) in [4.78, 5) is 26.4. The van der Waals surface area contributed by atoms with Crippen LogP contribution in [0.1, 0.15) is 23.2 Å². The van der Waals surface area contributed by atoms with Crippen molar-refractivity contribution in [1.82, 2.24) is 0 Å². The predicted molar refractivity (Wildman–Crippen MR) is 102 cm³/mol. The van der Waals surface area contributed by atoms with Crippen LogP contribution in [0.3, 0.4) is 0 Å². The van der Waals surface area contributed by atoms with E-state index in [4.69, 9.17) is 14.2 Å². The van der Waals surface area contributed by atoms with Gasteiger partial charge in [0.1, 0.15) is 17.2 Å². The minimum absolute atomic E-state index is 0.0752. The van der Waals surface area contributed by atoms with Crippen molar-refractivity contribution in [3.8, 4) is 17.2 Å². The van der Waals surface area contributed by atoms with Crippen molar-refractivity contribution >= 4 is 23.2 Å². The Kier molecular flexibility index (Phi) is 5.49. The highest BCUT2D eigenvalue weighted by Crippen LogP contribution is 2.34. The largest absolute Gasteiger partial charge is 0.497 e. The maximum atomic E-state index is 12.7. The highest BCUT2D eigenvalue weighted by Gasteiger charge is 2.24. The number of methoxy groups -OCH3 is 3. The minimum atomic E-state index is -0.335. The fourth-order valence-electron chi connectivity index (χ4n) is 3.07. The van der Waals surface area contributed by atoms with E-state index in [1.165, 1.54) is 21.3 Å². The monoisotopic (exact) mass is 370 g/mol. The summed E-state index contributed by atoms with van der Waals surface area (Å²) in [7, 11) is 4.58. The van der Waals surface area contributed by atoms with Crippen LogP contribution in [0.4, 0.5) is 11.4 Å². The fraction of sp³-hybridized carbons (Fsp3) is 0.300. The SMILES string of the molecule is COc1ccc(OC)c(C(=O)Nc2ccc(N3CCCC3=O)c(OC)c2)c1. The zero-order chi connectivity index (χ0) is 19.4. The van der Waals surface area contributed by atoms with Gasteiger partial charge in [-0.3, -0.25) is 9.59 Å². The molecular formula is C20H22N2O5. The highest BCUT2D eigenvalue weighted by molar-refractivity contribution is 6.07. The summed E-state index contributed by atoms with van der Waals surface area (Å²) in [6, 6.07) is 10.2. The summed E-state index contributed by atoms with van der Waals surface area (Å²) < 4.78 is 15.9. The Hall–Kier alpha value is -3.22. The third-order valence-corrected chi connectivity index (χ3v) is 4.45. The van der Waals surface area contributed by atoms with Gasteiger partial charge in [0, 0.05) is 24.7 Å². The normalized spacial score (nSPS) is 13.4. The fourth-order valence-corrected chi connectivity index (χ4v) is 3.07. The molecule has 1 aliphatic heterocycles. The predicted octanol–water partition coefficient (Wildman–Crippen LogP) is 3.09. The molecule has 142 valence electrons. The van der Waals surface area contributed by atoms with Crippen LogP contribution in [0.25, 0.3) is 0 Å². The first-order valence-corrected chi connectivity index (χ1v) is 8.59. The van der Waals surface area contributed by atoms with E-state index in [0.29, 0.717) is 47.2 Å². The molecular weight excluding hydrogens is 348 g/mol. The summed E-state index contributed by atoms with van der Waals surface area (Å²) in [5.41, 5.74) is 1.61. The summed E-state index contributed by atoms with van der Waals surface area (Å²) in [5, 5.41) is 2.83. The first kappa shape index (κ1) is 18.6. The molecule has 0 saturated carbocycles. The van der Waals surface area contributed by atoms with Crippen molar-refractivity contribution in [2.75, 3.05) is 38.1 Å². The van der Waals surface area contributed by atoms with Gasteiger partial charge in [-0.05, 0) is 36.8 Å². The second kappa shape index (κ2) is 7.99. The summed E-state index contributed by atoms with van der Waals surface area (Å²) in [6.45, 7) is 0.669. The molecule has 7 nitrogen and oxygen atoms in total. The molecule has 0 unspecified atom stereocenters. The van der Waals surface area contributed by atoms with Gasteiger partial charge in [0.15, 0.2) is 0 Å². The van der Waals surface area contributed by atoms with Gasteiger partial charge in [0.2, 0.25) is 5.91 Å². The summed E-state index contributed by atoms with van der Waals surface area (Å²) in [6.07, 6.45) is 1.37. The number of carbonyl (C=O) groups is 2. The van der Waals surface area contributed by atoms with Crippen molar-refractivity contribution in [2.45, 2.75) is 12.8 Å². The molecule has 0 aliphatic carbocycles. The lowest BCUT2D eigenvalue weighted by Gasteiger charge is -2.20. The van der Waals surface area contributed by atoms with Gasteiger partial charge in [-0.2, -0.15) is 0 Å². The average molecular weight is 370 g/mol. The van der Waals surface area contributed by atoms with Crippen LogP contribution in [0.5, 0.6) is 17.2 Å². The Morgan fingerprint density at radius 3 is 2.41 bits per heavy atom. The number of hydrogen-bond acceptors (Lipinski definition) is 5. The number of amides is 2. The van der Waals surface area contributed by atoms with Crippen LogP contribution in [0.15, 0.2) is 36.4 Å². The van der Waals surface area contributed by atoms with Crippen LogP contribution in [-0.4, -0.2) is 39.7 Å². The Morgan fingerprint density at radius 2 is 1.78 bits per heavy atom. The number of anilines is 2. The lowest BCUT2D eigenvalue weighted by molar-refractivity contribution is -0.117. The average Bonchev–Trinajstić information content (AvgIpc) is 3.12. The lowest BCUT2D eigenvalue weighted by atomic mass is 10.1. The van der Waals surface area contributed by atoms with Crippen LogP contribution in [0.2, 0.25) is 0 Å². The second-order valence-corrected chi connectivity index (χ2v) is 6.06. The number of ether oxygens (including phenoxy) is 3. The van der Waals surface area contributed by atoms with E-state index >= 15 is 0 Å². The van der Waals surface area contributed by atoms with E-state index in [1.807, 2.05) is 0 Å². The standard InChI is InChI=1S/C20H22N2O5/c1-25-14-7-9-17(26-2)15(12-14)20(24)21-13-6-8-16(18(11-13)27-3)22-10-4-5-19(22)23/h6-9,11-12H,4-5,10H2,1-3H3,(H,21,24). The van der Waals surface area contributed by atoms with E-state index in [-0.39, 0.29) is 11.8 Å². The Labute approximate surface area is 157 Å². The van der Waals surface area contributed by atoms with E-state index in [0.717, 1.165) is 6.42 Å². The number of nitrogens with zero attached hydrogens (tertiary/aromatic N) is 1. The molecule has 0 aromatic heterocycles. The third kappa shape index (κ3) is 3.81. The van der Waals surface area contributed by atoms with E-state index in [1.54, 1.807) is 41.3 Å². The molecule has 1 heterocycles. The van der Waals surface area contributed by atoms with Crippen LogP contribution in [-0.2, 0) is 4.79 Å². The molecule has 1 N–H and O–H groups in total. The molecule has 0 radical (unpaired) electrons. The molecule has 0 bridgehead atoms. The van der Waals surface area contributed by atoms with Gasteiger partial charge < -0.3 is 24.4 Å². The molecule has 1 aliphatic rings. The maximum absolute atomic E-state index is 12.7. The minimum Gasteiger partial charge on any atom is -0.497 e. The molecule has 2 amide bonds. The molecule has 1 fully saturated rings. The van der Waals surface area contributed by atoms with E-state index in [9.17, 15) is 9.59 Å². The van der Waals surface area contributed by atoms with Crippen molar-refractivity contribution in [3.05, 3.63) is 42.0 Å². The van der Waals surface area contributed by atoms with Crippen LogP contribution >= 0.6 is 0 Å². The highest BCUT2D eigenvalue weighted by atomic mass is 16.5. The second-order valence-electron chi connectivity index (χ2n) is 6.06. The van der Waals surface area contributed by atoms with Crippen molar-refractivity contribution in [2.24, 2.45) is 0 Å². The quantitative estimate of drug-likeness (QED) is 0.846. The Bertz CT molecular complexity index is 865. The van der Waals surface area contributed by atoms with Gasteiger partial charge in [0.25, 0.3) is 5.91 Å². The number of hydrogen-bond donors (Lipinski definition) is 1. The van der Waals surface area contributed by atoms with Gasteiger partial charge in [0.05, 0.1) is 32.6 Å². The molecule has 0 spiro atoms. The third-order valence-electron chi connectivity index (χ3n) is 4.45. The lowest BCUT2D eigenvalue weighted by Crippen LogP contribution is -2.24.